The molecule has 6 heteroatoms. The molecule has 1 atom stereocenters. The van der Waals surface area contributed by atoms with E-state index in [1.54, 1.807) is 0 Å². The fourth-order valence-corrected chi connectivity index (χ4v) is 6.51. The first-order valence-corrected chi connectivity index (χ1v) is 27.0. The van der Waals surface area contributed by atoms with Crippen LogP contribution in [0.15, 0.2) is 158 Å². The van der Waals surface area contributed by atoms with Crippen LogP contribution in [0, 0.1) is 0 Å². The Morgan fingerprint density at radius 1 is 0.304 bits per heavy atom. The van der Waals surface area contributed by atoms with Crippen LogP contribution in [0.4, 0.5) is 0 Å². The molecule has 384 valence electrons. The van der Waals surface area contributed by atoms with E-state index in [9.17, 15) is 14.4 Å². The Kier molecular flexibility index (Phi) is 51.6. The van der Waals surface area contributed by atoms with Gasteiger partial charge in [-0.3, -0.25) is 14.4 Å². The van der Waals surface area contributed by atoms with Crippen LogP contribution in [-0.4, -0.2) is 37.2 Å². The molecule has 6 nitrogen and oxygen atoms in total. The highest BCUT2D eigenvalue weighted by molar-refractivity contribution is 5.71. The van der Waals surface area contributed by atoms with Crippen molar-refractivity contribution in [2.75, 3.05) is 13.2 Å². The maximum Gasteiger partial charge on any atom is 0.306 e. The fourth-order valence-electron chi connectivity index (χ4n) is 6.51. The first-order chi connectivity index (χ1) is 34.0. The quantitative estimate of drug-likeness (QED) is 0.0262. The molecule has 0 N–H and O–H groups in total. The van der Waals surface area contributed by atoms with Gasteiger partial charge in [-0.1, -0.05) is 198 Å². The van der Waals surface area contributed by atoms with Crippen LogP contribution in [0.25, 0.3) is 0 Å². The van der Waals surface area contributed by atoms with Gasteiger partial charge in [0.25, 0.3) is 0 Å². The lowest BCUT2D eigenvalue weighted by molar-refractivity contribution is -0.167. The predicted octanol–water partition coefficient (Wildman–Crippen LogP) is 18.2. The average molecular weight is 949 g/mol. The minimum absolute atomic E-state index is 0.138. The van der Waals surface area contributed by atoms with E-state index in [1.165, 1.54) is 25.7 Å². The lowest BCUT2D eigenvalue weighted by Gasteiger charge is -2.18. The van der Waals surface area contributed by atoms with Crippen molar-refractivity contribution in [2.24, 2.45) is 0 Å². The number of unbranched alkanes of at least 4 members (excludes halogenated alkanes) is 9. The highest BCUT2D eigenvalue weighted by atomic mass is 16.6. The van der Waals surface area contributed by atoms with Crippen LogP contribution in [0.1, 0.15) is 201 Å². The zero-order valence-electron chi connectivity index (χ0n) is 43.8. The van der Waals surface area contributed by atoms with E-state index >= 15 is 0 Å². The van der Waals surface area contributed by atoms with Gasteiger partial charge >= 0.3 is 17.9 Å². The van der Waals surface area contributed by atoms with E-state index in [1.807, 2.05) is 0 Å². The second-order valence-electron chi connectivity index (χ2n) is 17.0. The summed E-state index contributed by atoms with van der Waals surface area (Å²) in [5.74, 6) is -1.08. The van der Waals surface area contributed by atoms with Crippen molar-refractivity contribution < 1.29 is 28.6 Å². The van der Waals surface area contributed by atoms with Crippen molar-refractivity contribution in [1.82, 2.24) is 0 Å². The summed E-state index contributed by atoms with van der Waals surface area (Å²) >= 11 is 0. The van der Waals surface area contributed by atoms with Crippen LogP contribution in [0.5, 0.6) is 0 Å². The highest BCUT2D eigenvalue weighted by Crippen LogP contribution is 2.10. The van der Waals surface area contributed by atoms with Gasteiger partial charge in [0.15, 0.2) is 6.10 Å². The number of allylic oxidation sites excluding steroid dienone is 26. The van der Waals surface area contributed by atoms with E-state index in [2.05, 4.69) is 179 Å². The van der Waals surface area contributed by atoms with Gasteiger partial charge in [0.1, 0.15) is 13.2 Å². The van der Waals surface area contributed by atoms with Crippen LogP contribution < -0.4 is 0 Å². The number of esters is 3. The van der Waals surface area contributed by atoms with Crippen molar-refractivity contribution in [3.8, 4) is 0 Å². The Morgan fingerprint density at radius 2 is 0.580 bits per heavy atom. The number of hydrogen-bond donors (Lipinski definition) is 0. The number of carbonyl (C=O) groups excluding carboxylic acids is 3. The molecular weight excluding hydrogens is 853 g/mol. The van der Waals surface area contributed by atoms with Crippen LogP contribution in [0.2, 0.25) is 0 Å². The van der Waals surface area contributed by atoms with E-state index in [0.29, 0.717) is 19.3 Å². The molecule has 0 heterocycles. The summed E-state index contributed by atoms with van der Waals surface area (Å²) in [6.45, 7) is 6.24. The third-order valence-electron chi connectivity index (χ3n) is 10.5. The van der Waals surface area contributed by atoms with Crippen molar-refractivity contribution in [3.05, 3.63) is 158 Å². The Morgan fingerprint density at radius 3 is 0.942 bits per heavy atom. The smallest absolute Gasteiger partial charge is 0.306 e. The fraction of sp³-hybridized carbons (Fsp3) is 0.540. The second kappa shape index (κ2) is 55.6. The Bertz CT molecular complexity index is 1610. The zero-order chi connectivity index (χ0) is 50.0. The maximum atomic E-state index is 12.8. The van der Waals surface area contributed by atoms with Gasteiger partial charge in [-0.25, -0.2) is 0 Å². The SMILES string of the molecule is CC/C=C\C/C=C\C/C=C\C/C=C\C/C=C\CCCCCC(=O)O[C@@H](COC(=O)CCC/C=C\C/C=C\C/C=C\C/C=C\CCCCC)COC(=O)CCCC/C=C\C/C=C\C/C=C\C/C=C\CC. The van der Waals surface area contributed by atoms with Crippen molar-refractivity contribution in [1.29, 1.82) is 0 Å². The Hall–Kier alpha value is -4.97. The molecule has 0 amide bonds. The summed E-state index contributed by atoms with van der Waals surface area (Å²) in [7, 11) is 0. The molecule has 0 aromatic heterocycles. The van der Waals surface area contributed by atoms with Gasteiger partial charge in [0.2, 0.25) is 0 Å². The van der Waals surface area contributed by atoms with E-state index in [-0.39, 0.29) is 50.4 Å². The molecule has 0 spiro atoms. The van der Waals surface area contributed by atoms with Crippen molar-refractivity contribution >= 4 is 17.9 Å². The molecule has 0 aliphatic carbocycles. The lowest BCUT2D eigenvalue weighted by atomic mass is 10.1. The minimum Gasteiger partial charge on any atom is -0.462 e. The largest absolute Gasteiger partial charge is 0.462 e. The summed E-state index contributed by atoms with van der Waals surface area (Å²) in [4.78, 5) is 38.1. The first kappa shape index (κ1) is 64.0. The summed E-state index contributed by atoms with van der Waals surface area (Å²) in [5, 5.41) is 0. The molecule has 69 heavy (non-hydrogen) atoms. The predicted molar refractivity (Wildman–Crippen MR) is 297 cm³/mol. The number of ether oxygens (including phenoxy) is 3. The van der Waals surface area contributed by atoms with Gasteiger partial charge in [-0.05, 0) is 141 Å². The molecule has 0 aliphatic rings. The first-order valence-electron chi connectivity index (χ1n) is 27.0. The highest BCUT2D eigenvalue weighted by Gasteiger charge is 2.19. The summed E-state index contributed by atoms with van der Waals surface area (Å²) in [5.41, 5.74) is 0. The van der Waals surface area contributed by atoms with Crippen LogP contribution >= 0.6 is 0 Å². The van der Waals surface area contributed by atoms with E-state index in [0.717, 1.165) is 116 Å². The maximum absolute atomic E-state index is 12.8. The van der Waals surface area contributed by atoms with Crippen LogP contribution in [0.3, 0.4) is 0 Å². The molecule has 0 aliphatic heterocycles. The van der Waals surface area contributed by atoms with Gasteiger partial charge in [-0.15, -0.1) is 0 Å². The normalized spacial score (nSPS) is 13.4. The molecule has 0 aromatic rings. The molecule has 0 fully saturated rings. The zero-order valence-corrected chi connectivity index (χ0v) is 43.8. The number of rotatable bonds is 46. The Balaban J connectivity index is 4.64. The molecule has 0 radical (unpaired) electrons. The topological polar surface area (TPSA) is 78.9 Å². The molecule has 0 aromatic carbocycles. The van der Waals surface area contributed by atoms with Crippen molar-refractivity contribution in [2.45, 2.75) is 207 Å². The lowest BCUT2D eigenvalue weighted by Crippen LogP contribution is -2.30. The summed E-state index contributed by atoms with van der Waals surface area (Å²) in [6.07, 6.45) is 80.9. The second-order valence-corrected chi connectivity index (χ2v) is 17.0. The van der Waals surface area contributed by atoms with Gasteiger partial charge < -0.3 is 14.2 Å². The molecule has 0 rings (SSSR count). The average Bonchev–Trinajstić information content (AvgIpc) is 3.35. The van der Waals surface area contributed by atoms with Gasteiger partial charge in [-0.2, -0.15) is 0 Å². The van der Waals surface area contributed by atoms with E-state index < -0.39 is 6.10 Å². The molecule has 0 saturated heterocycles. The molecular formula is C63H96O6. The van der Waals surface area contributed by atoms with Gasteiger partial charge in [0, 0.05) is 19.3 Å². The summed E-state index contributed by atoms with van der Waals surface area (Å²) < 4.78 is 16.7. The Labute approximate surface area is 422 Å². The van der Waals surface area contributed by atoms with Gasteiger partial charge in [0.05, 0.1) is 0 Å². The standard InChI is InChI=1S/C63H96O6/c1-4-7-10-13-16-19-22-25-28-30-31-33-36-39-42-45-48-51-54-57-63(66)69-60(58-67-61(64)55-52-49-46-43-40-37-34-27-24-21-18-15-12-9-6-3)59-68-62(65)56-53-50-47-44-41-38-35-32-29-26-23-20-17-14-11-8-5-2/h7,9-10,12,16-21,25-29,31,33-35,38-40,42-44,47,60H,4-6,8,11,13-15,22-24,30,32,36-37,41,45-46,48-59H2,1-3H3/b10-7-,12-9-,19-16-,20-17-,21-18-,28-25-,29-26-,33-31-,34-27-,38-35-,42-39-,43-40-,47-44-/t60-/m1/s1. The van der Waals surface area contributed by atoms with E-state index in [4.69, 9.17) is 14.2 Å². The molecule has 0 bridgehead atoms. The number of hydrogen-bond acceptors (Lipinski definition) is 6. The van der Waals surface area contributed by atoms with Crippen LogP contribution in [-0.2, 0) is 28.6 Å². The third-order valence-corrected chi connectivity index (χ3v) is 10.5. The third kappa shape index (κ3) is 53.8. The molecule has 0 unspecified atom stereocenters. The number of carbonyl (C=O) groups is 3. The van der Waals surface area contributed by atoms with Crippen molar-refractivity contribution in [3.63, 3.8) is 0 Å². The minimum atomic E-state index is -0.843. The summed E-state index contributed by atoms with van der Waals surface area (Å²) in [6, 6.07) is 0. The molecule has 0 saturated carbocycles. The monoisotopic (exact) mass is 949 g/mol.